The highest BCUT2D eigenvalue weighted by atomic mass is 16.3. The summed E-state index contributed by atoms with van der Waals surface area (Å²) in [5.41, 5.74) is 12.4. The Morgan fingerprint density at radius 1 is 0.370 bits per heavy atom. The average Bonchev–Trinajstić information content (AvgIpc) is 3.77. The van der Waals surface area contributed by atoms with Gasteiger partial charge in [-0.2, -0.15) is 0 Å². The van der Waals surface area contributed by atoms with Gasteiger partial charge in [-0.1, -0.05) is 78.9 Å². The molecule has 0 fully saturated rings. The highest BCUT2D eigenvalue weighted by Crippen LogP contribution is 2.52. The van der Waals surface area contributed by atoms with Crippen molar-refractivity contribution < 1.29 is 4.42 Å². The van der Waals surface area contributed by atoms with Gasteiger partial charge in [-0.25, -0.2) is 0 Å². The second kappa shape index (κ2) is 8.68. The van der Waals surface area contributed by atoms with E-state index in [0.717, 1.165) is 33.6 Å². The molecule has 3 aromatic heterocycles. The van der Waals surface area contributed by atoms with Gasteiger partial charge in [0.05, 0.1) is 39.1 Å². The first-order chi connectivity index (χ1) is 22.8. The smallest absolute Gasteiger partial charge is 0.136 e. The fraction of sp³-hybridized carbons (Fsp3) is 0. The summed E-state index contributed by atoms with van der Waals surface area (Å²) in [6, 6.07) is 54.5. The van der Waals surface area contributed by atoms with Crippen LogP contribution in [0.1, 0.15) is 0 Å². The van der Waals surface area contributed by atoms with Crippen molar-refractivity contribution in [3.8, 4) is 11.4 Å². The van der Waals surface area contributed by atoms with Crippen molar-refractivity contribution in [3.05, 3.63) is 152 Å². The SMILES string of the molecule is c1ccc(-n2c3ccccc3c3cc(N4c5ccccc5-n5c6ccc7oc8ccccc8c7c6c6cccc4c65)ccc32)cc1. The van der Waals surface area contributed by atoms with Gasteiger partial charge in [-0.15, -0.1) is 0 Å². The number of para-hydroxylation sites is 6. The maximum atomic E-state index is 6.35. The third-order valence-electron chi connectivity index (χ3n) is 9.80. The van der Waals surface area contributed by atoms with Crippen LogP contribution < -0.4 is 4.90 Å². The number of rotatable bonds is 2. The highest BCUT2D eigenvalue weighted by molar-refractivity contribution is 6.29. The minimum absolute atomic E-state index is 0.918. The zero-order chi connectivity index (χ0) is 29.9. The van der Waals surface area contributed by atoms with E-state index >= 15 is 0 Å². The molecule has 11 rings (SSSR count). The van der Waals surface area contributed by atoms with Gasteiger partial charge < -0.3 is 18.5 Å². The first-order valence-electron chi connectivity index (χ1n) is 15.7. The number of furan rings is 1. The molecular weight excluding hydrogens is 562 g/mol. The number of hydrogen-bond donors (Lipinski definition) is 0. The molecule has 0 saturated heterocycles. The summed E-state index contributed by atoms with van der Waals surface area (Å²) in [7, 11) is 0. The molecule has 0 N–H and O–H groups in total. The number of aromatic nitrogens is 2. The Morgan fingerprint density at radius 3 is 1.98 bits per heavy atom. The molecule has 214 valence electrons. The molecule has 10 aromatic rings. The fourth-order valence-electron chi connectivity index (χ4n) is 7.99. The van der Waals surface area contributed by atoms with Crippen molar-refractivity contribution in [2.24, 2.45) is 0 Å². The molecule has 4 heteroatoms. The van der Waals surface area contributed by atoms with Crippen LogP contribution in [0, 0.1) is 0 Å². The monoisotopic (exact) mass is 587 g/mol. The van der Waals surface area contributed by atoms with Crippen molar-refractivity contribution in [2.45, 2.75) is 0 Å². The minimum Gasteiger partial charge on any atom is -0.456 e. The van der Waals surface area contributed by atoms with E-state index in [1.165, 1.54) is 60.4 Å². The lowest BCUT2D eigenvalue weighted by Crippen LogP contribution is -2.18. The van der Waals surface area contributed by atoms with Gasteiger partial charge in [-0.3, -0.25) is 0 Å². The Kier molecular flexibility index (Phi) is 4.55. The van der Waals surface area contributed by atoms with Crippen LogP contribution in [-0.2, 0) is 0 Å². The van der Waals surface area contributed by atoms with E-state index in [4.69, 9.17) is 4.42 Å². The lowest BCUT2D eigenvalue weighted by atomic mass is 10.0. The van der Waals surface area contributed by atoms with E-state index in [9.17, 15) is 0 Å². The third-order valence-corrected chi connectivity index (χ3v) is 9.80. The van der Waals surface area contributed by atoms with Crippen LogP contribution in [0.25, 0.3) is 76.9 Å². The molecule has 1 aliphatic heterocycles. The molecule has 46 heavy (non-hydrogen) atoms. The van der Waals surface area contributed by atoms with Gasteiger partial charge in [0.1, 0.15) is 11.2 Å². The molecule has 0 bridgehead atoms. The van der Waals surface area contributed by atoms with Gasteiger partial charge in [0.2, 0.25) is 0 Å². The fourth-order valence-corrected chi connectivity index (χ4v) is 7.99. The number of nitrogens with zero attached hydrogens (tertiary/aromatic N) is 3. The molecule has 1 aliphatic rings. The standard InChI is InChI=1S/C42H25N3O/c1-2-11-26(12-3-1)43-32-16-6-4-13-28(32)31-25-27(21-22-33(31)43)44-34-17-7-8-18-35(34)45-36-23-24-39-41(29-14-5-9-20-38(29)46-39)40(36)30-15-10-19-37(44)42(30)45/h1-25H. The molecule has 4 nitrogen and oxygen atoms in total. The Labute approximate surface area is 263 Å². The summed E-state index contributed by atoms with van der Waals surface area (Å²) < 4.78 is 11.2. The van der Waals surface area contributed by atoms with Gasteiger partial charge >= 0.3 is 0 Å². The number of hydrogen-bond acceptors (Lipinski definition) is 2. The minimum atomic E-state index is 0.918. The van der Waals surface area contributed by atoms with Gasteiger partial charge in [0, 0.05) is 43.7 Å². The summed E-state index contributed by atoms with van der Waals surface area (Å²) >= 11 is 0. The zero-order valence-electron chi connectivity index (χ0n) is 24.7. The third kappa shape index (κ3) is 2.98. The predicted molar refractivity (Wildman–Crippen MR) is 191 cm³/mol. The molecule has 0 spiro atoms. The Hall–Kier alpha value is -6.26. The Bertz CT molecular complexity index is 2870. The largest absolute Gasteiger partial charge is 0.456 e. The molecule has 4 heterocycles. The first kappa shape index (κ1) is 24.1. The van der Waals surface area contributed by atoms with Crippen LogP contribution in [0.3, 0.4) is 0 Å². The Morgan fingerprint density at radius 2 is 1.07 bits per heavy atom. The van der Waals surface area contributed by atoms with Crippen molar-refractivity contribution in [1.29, 1.82) is 0 Å². The second-order valence-electron chi connectivity index (χ2n) is 12.2. The van der Waals surface area contributed by atoms with Crippen molar-refractivity contribution in [1.82, 2.24) is 9.13 Å². The van der Waals surface area contributed by atoms with Crippen LogP contribution in [0.5, 0.6) is 0 Å². The van der Waals surface area contributed by atoms with Crippen molar-refractivity contribution >= 4 is 82.6 Å². The summed E-state index contributed by atoms with van der Waals surface area (Å²) in [5.74, 6) is 0. The molecule has 0 saturated carbocycles. The van der Waals surface area contributed by atoms with Gasteiger partial charge in [0.25, 0.3) is 0 Å². The van der Waals surface area contributed by atoms with E-state index in [2.05, 4.69) is 160 Å². The predicted octanol–water partition coefficient (Wildman–Crippen LogP) is 11.6. The maximum absolute atomic E-state index is 6.35. The van der Waals surface area contributed by atoms with Crippen LogP contribution in [-0.4, -0.2) is 9.13 Å². The van der Waals surface area contributed by atoms with Gasteiger partial charge in [-0.05, 0) is 72.8 Å². The van der Waals surface area contributed by atoms with Crippen molar-refractivity contribution in [3.63, 3.8) is 0 Å². The molecule has 7 aromatic carbocycles. The maximum Gasteiger partial charge on any atom is 0.136 e. The Balaban J connectivity index is 1.24. The molecule has 0 aliphatic carbocycles. The molecule has 0 unspecified atom stereocenters. The summed E-state index contributed by atoms with van der Waals surface area (Å²) in [6.45, 7) is 0. The van der Waals surface area contributed by atoms with Crippen LogP contribution in [0.2, 0.25) is 0 Å². The lowest BCUT2D eigenvalue weighted by Gasteiger charge is -2.33. The van der Waals surface area contributed by atoms with E-state index < -0.39 is 0 Å². The van der Waals surface area contributed by atoms with Gasteiger partial charge in [0.15, 0.2) is 0 Å². The topological polar surface area (TPSA) is 26.2 Å². The van der Waals surface area contributed by atoms with E-state index in [-0.39, 0.29) is 0 Å². The number of benzene rings is 7. The highest BCUT2D eigenvalue weighted by Gasteiger charge is 2.30. The average molecular weight is 588 g/mol. The first-order valence-corrected chi connectivity index (χ1v) is 15.7. The van der Waals surface area contributed by atoms with E-state index in [1.807, 2.05) is 6.07 Å². The van der Waals surface area contributed by atoms with Crippen molar-refractivity contribution in [2.75, 3.05) is 4.90 Å². The quantitative estimate of drug-likeness (QED) is 0.201. The van der Waals surface area contributed by atoms with Crippen LogP contribution in [0.4, 0.5) is 17.1 Å². The lowest BCUT2D eigenvalue weighted by molar-refractivity contribution is 0.669. The number of anilines is 3. The summed E-state index contributed by atoms with van der Waals surface area (Å²) in [4.78, 5) is 2.44. The van der Waals surface area contributed by atoms with E-state index in [0.29, 0.717) is 0 Å². The van der Waals surface area contributed by atoms with E-state index in [1.54, 1.807) is 0 Å². The molecule has 0 radical (unpaired) electrons. The number of fused-ring (bicyclic) bond motifs is 12. The molecule has 0 atom stereocenters. The second-order valence-corrected chi connectivity index (χ2v) is 12.2. The molecular formula is C42H25N3O. The van der Waals surface area contributed by atoms with Crippen LogP contribution >= 0.6 is 0 Å². The van der Waals surface area contributed by atoms with Crippen LogP contribution in [0.15, 0.2) is 156 Å². The summed E-state index contributed by atoms with van der Waals surface area (Å²) in [6.07, 6.45) is 0. The zero-order valence-corrected chi connectivity index (χ0v) is 24.7. The summed E-state index contributed by atoms with van der Waals surface area (Å²) in [5, 5.41) is 7.27. The normalized spacial score (nSPS) is 12.7. The molecule has 0 amide bonds.